The molecule has 0 spiro atoms. The van der Waals surface area contributed by atoms with Crippen LogP contribution in [0.4, 0.5) is 0 Å². The summed E-state index contributed by atoms with van der Waals surface area (Å²) in [5.41, 5.74) is 0. The highest BCUT2D eigenvalue weighted by atomic mass is 31.1. The highest BCUT2D eigenvalue weighted by Gasteiger charge is 1.93. The van der Waals surface area contributed by atoms with Crippen LogP contribution in [0.1, 0.15) is 13.3 Å². The Morgan fingerprint density at radius 2 is 1.62 bits per heavy atom. The Balaban J connectivity index is 0. The van der Waals surface area contributed by atoms with Crippen LogP contribution in [0.2, 0.25) is 0 Å². The highest BCUT2D eigenvalue weighted by Crippen LogP contribution is 1.98. The molecular weight excluding hydrogens is 131 g/mol. The molecule has 0 aliphatic carbocycles. The Morgan fingerprint density at radius 1 is 1.50 bits per heavy atom. The van der Waals surface area contributed by atoms with E-state index in [0.29, 0.717) is 6.61 Å². The molecule has 0 bridgehead atoms. The monoisotopic (exact) mass is 141 g/mol. The Kier molecular flexibility index (Phi) is 13.7. The van der Waals surface area contributed by atoms with E-state index >= 15 is 0 Å². The van der Waals surface area contributed by atoms with Crippen molar-refractivity contribution in [3.63, 3.8) is 0 Å². The second-order valence-corrected chi connectivity index (χ2v) is 1.48. The second-order valence-electron chi connectivity index (χ2n) is 0.976. The van der Waals surface area contributed by atoms with E-state index in [-0.39, 0.29) is 0 Å². The number of rotatable bonds is 1. The molecule has 0 saturated heterocycles. The normalized spacial score (nSPS) is 7.00. The molecule has 0 fully saturated rings. The lowest BCUT2D eigenvalue weighted by molar-refractivity contribution is 0.295. The van der Waals surface area contributed by atoms with Crippen LogP contribution in [0.5, 0.6) is 0 Å². The van der Waals surface area contributed by atoms with Gasteiger partial charge in [-0.2, -0.15) is 0 Å². The van der Waals surface area contributed by atoms with Gasteiger partial charge in [0, 0.05) is 11.2 Å². The fourth-order valence-electron chi connectivity index (χ4n) is 0. The zero-order chi connectivity index (χ0) is 6.99. The quantitative estimate of drug-likeness (QED) is 0.450. The first kappa shape index (κ1) is 10.9. The smallest absolute Gasteiger partial charge is 0.396 e. The fourth-order valence-corrected chi connectivity index (χ4v) is 0. The van der Waals surface area contributed by atoms with E-state index in [1.807, 2.05) is 6.92 Å². The van der Waals surface area contributed by atoms with E-state index in [1.54, 1.807) is 0 Å². The minimum Gasteiger partial charge on any atom is -0.396 e. The lowest BCUT2D eigenvalue weighted by atomic mass is 10.5. The van der Waals surface area contributed by atoms with Gasteiger partial charge in [0.2, 0.25) is 0 Å². The summed E-state index contributed by atoms with van der Waals surface area (Å²) < 4.78 is 8.70. The molecule has 0 aromatic rings. The van der Waals surface area contributed by atoms with E-state index < -0.39 is 8.25 Å². The summed E-state index contributed by atoms with van der Waals surface area (Å²) in [5, 5.41) is 7.88. The zero-order valence-electron chi connectivity index (χ0n) is 4.61. The lowest BCUT2D eigenvalue weighted by Gasteiger charge is -1.69. The van der Waals surface area contributed by atoms with Crippen molar-refractivity contribution in [1.82, 2.24) is 0 Å². The Morgan fingerprint density at radius 3 is 1.62 bits per heavy atom. The SMILES string of the molecule is CCCO.O=[P+](O)O. The third-order valence-corrected chi connectivity index (χ3v) is 0.224. The highest BCUT2D eigenvalue weighted by molar-refractivity contribution is 7.30. The summed E-state index contributed by atoms with van der Waals surface area (Å²) in [4.78, 5) is 14.2. The van der Waals surface area contributed by atoms with Crippen molar-refractivity contribution in [3.8, 4) is 0 Å². The average Bonchev–Trinajstić information content (AvgIpc) is 1.65. The molecule has 0 atom stereocenters. The summed E-state index contributed by atoms with van der Waals surface area (Å²) in [6, 6.07) is 0. The van der Waals surface area contributed by atoms with Crippen molar-refractivity contribution in [2.24, 2.45) is 0 Å². The van der Waals surface area contributed by atoms with Crippen LogP contribution in [0.3, 0.4) is 0 Å². The molecule has 0 aromatic carbocycles. The van der Waals surface area contributed by atoms with E-state index in [4.69, 9.17) is 19.5 Å². The molecule has 0 aromatic heterocycles. The van der Waals surface area contributed by atoms with Crippen molar-refractivity contribution in [1.29, 1.82) is 0 Å². The molecule has 5 heteroatoms. The Bertz CT molecular complexity index is 49.2. The molecule has 0 unspecified atom stereocenters. The van der Waals surface area contributed by atoms with Gasteiger partial charge in [-0.3, -0.25) is 0 Å². The van der Waals surface area contributed by atoms with Crippen molar-refractivity contribution in [2.45, 2.75) is 13.3 Å². The Labute approximate surface area is 48.7 Å². The molecule has 50 valence electrons. The molecule has 0 heterocycles. The van der Waals surface area contributed by atoms with Crippen molar-refractivity contribution >= 4 is 8.25 Å². The van der Waals surface area contributed by atoms with Gasteiger partial charge >= 0.3 is 8.25 Å². The van der Waals surface area contributed by atoms with E-state index in [9.17, 15) is 0 Å². The van der Waals surface area contributed by atoms with Gasteiger partial charge in [0.25, 0.3) is 0 Å². The maximum absolute atomic E-state index is 8.70. The lowest BCUT2D eigenvalue weighted by Crippen LogP contribution is -1.69. The van der Waals surface area contributed by atoms with Crippen LogP contribution in [0.25, 0.3) is 0 Å². The minimum absolute atomic E-state index is 0.319. The van der Waals surface area contributed by atoms with E-state index in [0.717, 1.165) is 6.42 Å². The molecule has 0 aliphatic heterocycles. The maximum atomic E-state index is 8.70. The molecule has 4 nitrogen and oxygen atoms in total. The summed E-state index contributed by atoms with van der Waals surface area (Å²) in [6.07, 6.45) is 0.875. The number of hydrogen-bond acceptors (Lipinski definition) is 2. The van der Waals surface area contributed by atoms with Crippen molar-refractivity contribution in [3.05, 3.63) is 0 Å². The summed E-state index contributed by atoms with van der Waals surface area (Å²) >= 11 is 0. The van der Waals surface area contributed by atoms with Crippen LogP contribution in [-0.4, -0.2) is 21.5 Å². The average molecular weight is 141 g/mol. The molecule has 3 N–H and O–H groups in total. The van der Waals surface area contributed by atoms with Gasteiger partial charge in [0.1, 0.15) is 0 Å². The van der Waals surface area contributed by atoms with Gasteiger partial charge in [0.05, 0.1) is 0 Å². The van der Waals surface area contributed by atoms with Gasteiger partial charge in [-0.05, 0) is 6.42 Å². The zero-order valence-corrected chi connectivity index (χ0v) is 5.51. The molecule has 0 rings (SSSR count). The molecule has 0 aliphatic rings. The van der Waals surface area contributed by atoms with E-state index in [1.165, 1.54) is 0 Å². The maximum Gasteiger partial charge on any atom is 0.692 e. The summed E-state index contributed by atoms with van der Waals surface area (Å²) in [6.45, 7) is 2.25. The van der Waals surface area contributed by atoms with Crippen LogP contribution in [0, 0.1) is 0 Å². The second kappa shape index (κ2) is 10.1. The van der Waals surface area contributed by atoms with E-state index in [2.05, 4.69) is 0 Å². The van der Waals surface area contributed by atoms with Gasteiger partial charge in [-0.15, -0.1) is 9.79 Å². The number of hydrogen-bond donors (Lipinski definition) is 3. The van der Waals surface area contributed by atoms with Gasteiger partial charge in [-0.1, -0.05) is 6.92 Å². The van der Waals surface area contributed by atoms with Crippen LogP contribution >= 0.6 is 8.25 Å². The number of aliphatic hydroxyl groups is 1. The third kappa shape index (κ3) is 154. The molecule has 0 amide bonds. The van der Waals surface area contributed by atoms with Crippen LogP contribution < -0.4 is 0 Å². The summed E-state index contributed by atoms with van der Waals surface area (Å²) in [5.74, 6) is 0. The minimum atomic E-state index is -2.87. The first-order chi connectivity index (χ1) is 3.65. The fraction of sp³-hybridized carbons (Fsp3) is 1.00. The Hall–Kier alpha value is -0.0200. The topological polar surface area (TPSA) is 77.8 Å². The number of aliphatic hydroxyl groups excluding tert-OH is 1. The molecule has 0 saturated carbocycles. The van der Waals surface area contributed by atoms with Crippen molar-refractivity contribution < 1.29 is 19.5 Å². The van der Waals surface area contributed by atoms with Crippen LogP contribution in [-0.2, 0) is 4.57 Å². The first-order valence-electron chi connectivity index (χ1n) is 2.11. The standard InChI is InChI=1S/C3H8O.HO3P/c1-2-3-4;1-4(2)3/h4H,2-3H2,1H3;(H-,1,2,3)/p+1. The predicted molar refractivity (Wildman–Crippen MR) is 29.4 cm³/mol. The van der Waals surface area contributed by atoms with Gasteiger partial charge in [-0.25, -0.2) is 0 Å². The summed E-state index contributed by atoms with van der Waals surface area (Å²) in [7, 11) is -2.87. The van der Waals surface area contributed by atoms with Crippen LogP contribution in [0.15, 0.2) is 0 Å². The van der Waals surface area contributed by atoms with Crippen molar-refractivity contribution in [2.75, 3.05) is 6.61 Å². The largest absolute Gasteiger partial charge is 0.692 e. The first-order valence-corrected chi connectivity index (χ1v) is 3.27. The van der Waals surface area contributed by atoms with Gasteiger partial charge < -0.3 is 5.11 Å². The third-order valence-electron chi connectivity index (χ3n) is 0.224. The van der Waals surface area contributed by atoms with Gasteiger partial charge in [0.15, 0.2) is 0 Å². The predicted octanol–water partition coefficient (Wildman–Crippen LogP) is 0.0171. The molecule has 8 heavy (non-hydrogen) atoms. The molecule has 0 radical (unpaired) electrons. The molecular formula is C3H10O4P+.